The topological polar surface area (TPSA) is 40.2 Å². The minimum Gasteiger partial charge on any atom is -0.394 e. The standard InChI is InChI=1S/C23H53NO4Si2/c1-8-18-25-29(12-5,26-19-9-2)22-14-16-24(7)17-15-23-30(13-6,27-20-10-3)28-21-11-4/h8-23H2,1-7H3. The van der Waals surface area contributed by atoms with Gasteiger partial charge in [-0.1, -0.05) is 41.5 Å². The SMILES string of the molecule is CCCO[Si](CC)(CCCN(C)CCC[Si](CC)(OCCC)OCCC)OCCC. The molecule has 0 aromatic rings. The Bertz CT molecular complexity index is 338. The molecular weight excluding hydrogens is 410 g/mol. The minimum absolute atomic E-state index is 0.832. The Labute approximate surface area is 190 Å². The molecule has 0 fully saturated rings. The van der Waals surface area contributed by atoms with Crippen LogP contribution in [0.15, 0.2) is 0 Å². The van der Waals surface area contributed by atoms with E-state index in [0.717, 1.165) is 102 Å². The first-order chi connectivity index (χ1) is 14.5. The van der Waals surface area contributed by atoms with Gasteiger partial charge in [0.2, 0.25) is 0 Å². The summed E-state index contributed by atoms with van der Waals surface area (Å²) in [6, 6.07) is 4.29. The van der Waals surface area contributed by atoms with Gasteiger partial charge >= 0.3 is 17.1 Å². The van der Waals surface area contributed by atoms with E-state index in [1.165, 1.54) is 0 Å². The van der Waals surface area contributed by atoms with Crippen LogP contribution in [0.5, 0.6) is 0 Å². The molecule has 0 saturated carbocycles. The third-order valence-corrected chi connectivity index (χ3v) is 12.9. The normalized spacial score (nSPS) is 12.8. The van der Waals surface area contributed by atoms with Gasteiger partial charge in [0.05, 0.1) is 0 Å². The van der Waals surface area contributed by atoms with Gasteiger partial charge in [-0.25, -0.2) is 0 Å². The van der Waals surface area contributed by atoms with E-state index in [9.17, 15) is 0 Å². The second-order valence-corrected chi connectivity index (χ2v) is 15.6. The van der Waals surface area contributed by atoms with Gasteiger partial charge in [0.25, 0.3) is 0 Å². The molecule has 0 radical (unpaired) electrons. The highest BCUT2D eigenvalue weighted by Gasteiger charge is 2.36. The highest BCUT2D eigenvalue weighted by Crippen LogP contribution is 2.23. The predicted octanol–water partition coefficient (Wildman–Crippen LogP) is 6.33. The molecule has 7 heteroatoms. The van der Waals surface area contributed by atoms with Gasteiger partial charge in [0.1, 0.15) is 0 Å². The molecule has 5 nitrogen and oxygen atoms in total. The van der Waals surface area contributed by atoms with Crippen molar-refractivity contribution in [3.05, 3.63) is 0 Å². The Morgan fingerprint density at radius 2 is 0.833 bits per heavy atom. The summed E-state index contributed by atoms with van der Waals surface area (Å²) in [5, 5.41) is 0. The third-order valence-electron chi connectivity index (χ3n) is 5.55. The second kappa shape index (κ2) is 18.8. The molecule has 0 unspecified atom stereocenters. The van der Waals surface area contributed by atoms with Crippen LogP contribution >= 0.6 is 0 Å². The molecule has 0 saturated heterocycles. The van der Waals surface area contributed by atoms with Crippen LogP contribution in [0.3, 0.4) is 0 Å². The first-order valence-electron chi connectivity index (χ1n) is 12.7. The summed E-state index contributed by atoms with van der Waals surface area (Å²) < 4.78 is 25.2. The van der Waals surface area contributed by atoms with Gasteiger partial charge in [-0.15, -0.1) is 0 Å². The molecule has 30 heavy (non-hydrogen) atoms. The summed E-state index contributed by atoms with van der Waals surface area (Å²) >= 11 is 0. The quantitative estimate of drug-likeness (QED) is 0.175. The molecule has 0 atom stereocenters. The van der Waals surface area contributed by atoms with E-state index < -0.39 is 17.1 Å². The zero-order chi connectivity index (χ0) is 22.7. The lowest BCUT2D eigenvalue weighted by molar-refractivity contribution is 0.164. The predicted molar refractivity (Wildman–Crippen MR) is 134 cm³/mol. The van der Waals surface area contributed by atoms with Crippen molar-refractivity contribution in [1.29, 1.82) is 0 Å². The van der Waals surface area contributed by atoms with Crippen molar-refractivity contribution in [2.45, 2.75) is 104 Å². The smallest absolute Gasteiger partial charge is 0.337 e. The molecular formula is C23H53NO4Si2. The highest BCUT2D eigenvalue weighted by atomic mass is 28.4. The fraction of sp³-hybridized carbons (Fsp3) is 1.00. The summed E-state index contributed by atoms with van der Waals surface area (Å²) in [4.78, 5) is 2.46. The van der Waals surface area contributed by atoms with Crippen molar-refractivity contribution in [3.8, 4) is 0 Å². The van der Waals surface area contributed by atoms with E-state index in [4.69, 9.17) is 17.7 Å². The molecule has 0 bridgehead atoms. The largest absolute Gasteiger partial charge is 0.394 e. The van der Waals surface area contributed by atoms with E-state index in [0.29, 0.717) is 0 Å². The molecule has 0 N–H and O–H groups in total. The second-order valence-electron chi connectivity index (χ2n) is 8.43. The Hall–Kier alpha value is 0.234. The Kier molecular flexibility index (Phi) is 18.9. The lowest BCUT2D eigenvalue weighted by Gasteiger charge is -2.31. The summed E-state index contributed by atoms with van der Waals surface area (Å²) in [5.74, 6) is 0. The van der Waals surface area contributed by atoms with Crippen LogP contribution in [0.1, 0.15) is 80.1 Å². The van der Waals surface area contributed by atoms with E-state index >= 15 is 0 Å². The first-order valence-corrected chi connectivity index (χ1v) is 17.2. The fourth-order valence-corrected chi connectivity index (χ4v) is 9.60. The van der Waals surface area contributed by atoms with E-state index in [1.54, 1.807) is 0 Å². The Morgan fingerprint density at radius 1 is 0.533 bits per heavy atom. The molecule has 0 aliphatic carbocycles. The first kappa shape index (κ1) is 30.2. The molecule has 0 amide bonds. The zero-order valence-corrected chi connectivity index (χ0v) is 23.4. The maximum absolute atomic E-state index is 6.30. The number of hydrogen-bond donors (Lipinski definition) is 0. The molecule has 0 heterocycles. The van der Waals surface area contributed by atoms with Gasteiger partial charge < -0.3 is 22.6 Å². The van der Waals surface area contributed by atoms with Crippen LogP contribution in [-0.2, 0) is 17.7 Å². The van der Waals surface area contributed by atoms with E-state index in [2.05, 4.69) is 53.5 Å². The molecule has 0 aliphatic rings. The highest BCUT2D eigenvalue weighted by molar-refractivity contribution is 6.67. The Morgan fingerprint density at radius 3 is 1.07 bits per heavy atom. The van der Waals surface area contributed by atoms with E-state index in [-0.39, 0.29) is 0 Å². The number of nitrogens with zero attached hydrogens (tertiary/aromatic N) is 1. The van der Waals surface area contributed by atoms with Gasteiger partial charge in [-0.05, 0) is 82.8 Å². The zero-order valence-electron chi connectivity index (χ0n) is 21.4. The van der Waals surface area contributed by atoms with Crippen molar-refractivity contribution in [3.63, 3.8) is 0 Å². The summed E-state index contributed by atoms with van der Waals surface area (Å²) in [7, 11) is -1.83. The van der Waals surface area contributed by atoms with Crippen LogP contribution in [-0.4, -0.2) is 68.6 Å². The monoisotopic (exact) mass is 463 g/mol. The van der Waals surface area contributed by atoms with Crippen LogP contribution in [0.2, 0.25) is 24.2 Å². The lowest BCUT2D eigenvalue weighted by atomic mass is 10.4. The molecule has 0 aliphatic heterocycles. The molecule has 0 aromatic heterocycles. The summed E-state index contributed by atoms with van der Waals surface area (Å²) in [6.07, 6.45) is 6.56. The van der Waals surface area contributed by atoms with Crippen molar-refractivity contribution in [1.82, 2.24) is 4.90 Å². The molecule has 0 spiro atoms. The molecule has 0 rings (SSSR count). The average molecular weight is 464 g/mol. The van der Waals surface area contributed by atoms with Crippen molar-refractivity contribution < 1.29 is 17.7 Å². The van der Waals surface area contributed by atoms with Gasteiger partial charge in [-0.2, -0.15) is 0 Å². The minimum atomic E-state index is -2.03. The van der Waals surface area contributed by atoms with Gasteiger partial charge in [-0.3, -0.25) is 0 Å². The molecule has 0 aromatic carbocycles. The van der Waals surface area contributed by atoms with Crippen molar-refractivity contribution >= 4 is 17.1 Å². The van der Waals surface area contributed by atoms with Crippen LogP contribution in [0, 0.1) is 0 Å². The molecule has 182 valence electrons. The van der Waals surface area contributed by atoms with Gasteiger partial charge in [0, 0.05) is 26.4 Å². The van der Waals surface area contributed by atoms with Crippen molar-refractivity contribution in [2.75, 3.05) is 46.6 Å². The third kappa shape index (κ3) is 12.9. The maximum Gasteiger partial charge on any atom is 0.337 e. The summed E-state index contributed by atoms with van der Waals surface area (Å²) in [6.45, 7) is 18.7. The summed E-state index contributed by atoms with van der Waals surface area (Å²) in [5.41, 5.74) is 0. The Balaban J connectivity index is 4.49. The van der Waals surface area contributed by atoms with Gasteiger partial charge in [0.15, 0.2) is 0 Å². The average Bonchev–Trinajstić information content (AvgIpc) is 2.77. The van der Waals surface area contributed by atoms with E-state index in [1.807, 2.05) is 0 Å². The maximum atomic E-state index is 6.30. The van der Waals surface area contributed by atoms with Crippen molar-refractivity contribution in [2.24, 2.45) is 0 Å². The fourth-order valence-electron chi connectivity index (χ4n) is 3.63. The number of rotatable bonds is 22. The lowest BCUT2D eigenvalue weighted by Crippen LogP contribution is -2.43. The van der Waals surface area contributed by atoms with Crippen LogP contribution in [0.25, 0.3) is 0 Å². The van der Waals surface area contributed by atoms with Crippen LogP contribution < -0.4 is 0 Å². The number of hydrogen-bond acceptors (Lipinski definition) is 5. The van der Waals surface area contributed by atoms with Crippen LogP contribution in [0.4, 0.5) is 0 Å².